The van der Waals surface area contributed by atoms with Gasteiger partial charge in [0.2, 0.25) is 0 Å². The number of aromatic nitrogens is 4. The maximum Gasteiger partial charge on any atom is 0.191 e. The van der Waals surface area contributed by atoms with E-state index in [1.54, 1.807) is 29.3 Å². The lowest BCUT2D eigenvalue weighted by Gasteiger charge is -1.99. The first kappa shape index (κ1) is 7.24. The molecular formula is C7H5ClN4. The minimum atomic E-state index is 0.348. The summed E-state index contributed by atoms with van der Waals surface area (Å²) in [5.74, 6) is 0.546. The van der Waals surface area contributed by atoms with E-state index in [1.165, 1.54) is 6.20 Å². The zero-order chi connectivity index (χ0) is 8.39. The van der Waals surface area contributed by atoms with Gasteiger partial charge in [-0.05, 0) is 6.07 Å². The molecular weight excluding hydrogens is 176 g/mol. The number of rotatable bonds is 1. The van der Waals surface area contributed by atoms with Gasteiger partial charge in [0.15, 0.2) is 11.0 Å². The first-order valence-corrected chi connectivity index (χ1v) is 3.72. The number of nitrogens with zero attached hydrogens (tertiary/aromatic N) is 4. The summed E-state index contributed by atoms with van der Waals surface area (Å²) in [5, 5.41) is 4.33. The highest BCUT2D eigenvalue weighted by atomic mass is 35.5. The molecule has 60 valence electrons. The third-order valence-corrected chi connectivity index (χ3v) is 1.62. The molecule has 2 rings (SSSR count). The molecule has 4 nitrogen and oxygen atoms in total. The topological polar surface area (TPSA) is 43.6 Å². The molecule has 0 aromatic carbocycles. The Hall–Kier alpha value is -1.42. The van der Waals surface area contributed by atoms with Crippen LogP contribution in [0.25, 0.3) is 5.82 Å². The van der Waals surface area contributed by atoms with Gasteiger partial charge in [-0.15, -0.1) is 0 Å². The van der Waals surface area contributed by atoms with Crippen molar-refractivity contribution in [3.63, 3.8) is 0 Å². The number of halogens is 1. The lowest BCUT2D eigenvalue weighted by atomic mass is 10.6. The van der Waals surface area contributed by atoms with Crippen LogP contribution in [-0.4, -0.2) is 19.7 Å². The second kappa shape index (κ2) is 2.91. The number of hydrogen-bond acceptors (Lipinski definition) is 3. The fourth-order valence-corrected chi connectivity index (χ4v) is 1.05. The summed E-state index contributed by atoms with van der Waals surface area (Å²) in [5.41, 5.74) is 0. The fourth-order valence-electron chi connectivity index (χ4n) is 0.861. The minimum Gasteiger partial charge on any atom is -0.239 e. The van der Waals surface area contributed by atoms with Gasteiger partial charge < -0.3 is 0 Å². The summed E-state index contributed by atoms with van der Waals surface area (Å²) >= 11 is 5.78. The molecule has 0 spiro atoms. The summed E-state index contributed by atoms with van der Waals surface area (Å²) in [6.45, 7) is 0. The Morgan fingerprint density at radius 3 is 2.67 bits per heavy atom. The van der Waals surface area contributed by atoms with Crippen molar-refractivity contribution in [3.05, 3.63) is 36.0 Å². The molecule has 12 heavy (non-hydrogen) atoms. The molecule has 0 aliphatic heterocycles. The van der Waals surface area contributed by atoms with Gasteiger partial charge in [0.25, 0.3) is 0 Å². The van der Waals surface area contributed by atoms with E-state index in [1.807, 2.05) is 0 Å². The molecule has 2 aromatic heterocycles. The predicted octanol–water partition coefficient (Wildman–Crippen LogP) is 1.32. The van der Waals surface area contributed by atoms with Crippen molar-refractivity contribution in [1.29, 1.82) is 0 Å². The predicted molar refractivity (Wildman–Crippen MR) is 44.2 cm³/mol. The van der Waals surface area contributed by atoms with Crippen LogP contribution in [0.5, 0.6) is 0 Å². The molecule has 0 atom stereocenters. The molecule has 0 bridgehead atoms. The van der Waals surface area contributed by atoms with Crippen LogP contribution in [0.3, 0.4) is 0 Å². The van der Waals surface area contributed by atoms with E-state index in [2.05, 4.69) is 15.1 Å². The summed E-state index contributed by atoms with van der Waals surface area (Å²) in [6.07, 6.45) is 6.53. The smallest absolute Gasteiger partial charge is 0.191 e. The molecule has 0 aliphatic carbocycles. The third kappa shape index (κ3) is 1.16. The highest BCUT2D eigenvalue weighted by Crippen LogP contribution is 2.11. The molecule has 0 saturated carbocycles. The Morgan fingerprint density at radius 1 is 1.17 bits per heavy atom. The first-order chi connectivity index (χ1) is 5.88. The summed E-state index contributed by atoms with van der Waals surface area (Å²) in [6, 6.07) is 1.80. The Morgan fingerprint density at radius 2 is 2.00 bits per heavy atom. The van der Waals surface area contributed by atoms with Crippen molar-refractivity contribution in [2.24, 2.45) is 0 Å². The summed E-state index contributed by atoms with van der Waals surface area (Å²) in [4.78, 5) is 7.90. The van der Waals surface area contributed by atoms with Gasteiger partial charge in [-0.2, -0.15) is 5.10 Å². The van der Waals surface area contributed by atoms with Gasteiger partial charge in [-0.25, -0.2) is 14.6 Å². The molecule has 2 heterocycles. The zero-order valence-electron chi connectivity index (χ0n) is 6.05. The van der Waals surface area contributed by atoms with Crippen molar-refractivity contribution in [2.75, 3.05) is 0 Å². The van der Waals surface area contributed by atoms with Crippen molar-refractivity contribution in [2.45, 2.75) is 0 Å². The Balaban J connectivity index is 2.55. The van der Waals surface area contributed by atoms with E-state index >= 15 is 0 Å². The fraction of sp³-hybridized carbons (Fsp3) is 0. The molecule has 0 saturated heterocycles. The lowest BCUT2D eigenvalue weighted by Crippen LogP contribution is -1.99. The molecule has 0 fully saturated rings. The van der Waals surface area contributed by atoms with Crippen LogP contribution >= 0.6 is 11.6 Å². The van der Waals surface area contributed by atoms with Gasteiger partial charge in [0.05, 0.1) is 0 Å². The van der Waals surface area contributed by atoms with E-state index in [0.29, 0.717) is 11.0 Å². The summed E-state index contributed by atoms with van der Waals surface area (Å²) in [7, 11) is 0. The Bertz CT molecular complexity index is 371. The van der Waals surface area contributed by atoms with Crippen LogP contribution in [0, 0.1) is 0 Å². The minimum absolute atomic E-state index is 0.348. The standard InChI is InChI=1S/C7H5ClN4/c8-6-7(10-4-3-9-6)12-5-1-2-11-12/h1-5H. The van der Waals surface area contributed by atoms with Gasteiger partial charge in [-0.3, -0.25) is 0 Å². The monoisotopic (exact) mass is 180 g/mol. The van der Waals surface area contributed by atoms with Crippen molar-refractivity contribution < 1.29 is 0 Å². The van der Waals surface area contributed by atoms with E-state index in [-0.39, 0.29) is 0 Å². The third-order valence-electron chi connectivity index (χ3n) is 1.36. The van der Waals surface area contributed by atoms with Gasteiger partial charge in [0, 0.05) is 24.8 Å². The summed E-state index contributed by atoms with van der Waals surface area (Å²) < 4.78 is 1.56. The maximum atomic E-state index is 5.78. The SMILES string of the molecule is Clc1nccnc1-n1cccn1. The molecule has 0 unspecified atom stereocenters. The van der Waals surface area contributed by atoms with Crippen molar-refractivity contribution >= 4 is 11.6 Å². The second-order valence-corrected chi connectivity index (χ2v) is 2.48. The van der Waals surface area contributed by atoms with Crippen LogP contribution in [0.2, 0.25) is 5.15 Å². The van der Waals surface area contributed by atoms with Crippen LogP contribution in [0.15, 0.2) is 30.9 Å². The largest absolute Gasteiger partial charge is 0.239 e. The Labute approximate surface area is 73.8 Å². The van der Waals surface area contributed by atoms with E-state index in [9.17, 15) is 0 Å². The maximum absolute atomic E-state index is 5.78. The van der Waals surface area contributed by atoms with Crippen LogP contribution in [0.4, 0.5) is 0 Å². The van der Waals surface area contributed by atoms with Crippen molar-refractivity contribution in [3.8, 4) is 5.82 Å². The molecule has 2 aromatic rings. The molecule has 5 heteroatoms. The van der Waals surface area contributed by atoms with Crippen LogP contribution in [-0.2, 0) is 0 Å². The Kier molecular flexibility index (Phi) is 1.75. The van der Waals surface area contributed by atoms with E-state index < -0.39 is 0 Å². The van der Waals surface area contributed by atoms with Crippen LogP contribution < -0.4 is 0 Å². The normalized spacial score (nSPS) is 10.1. The van der Waals surface area contributed by atoms with E-state index in [0.717, 1.165) is 0 Å². The van der Waals surface area contributed by atoms with Crippen molar-refractivity contribution in [1.82, 2.24) is 19.7 Å². The van der Waals surface area contributed by atoms with Crippen LogP contribution in [0.1, 0.15) is 0 Å². The van der Waals surface area contributed by atoms with Gasteiger partial charge in [-0.1, -0.05) is 11.6 Å². The number of hydrogen-bond donors (Lipinski definition) is 0. The molecule has 0 amide bonds. The van der Waals surface area contributed by atoms with Gasteiger partial charge >= 0.3 is 0 Å². The average Bonchev–Trinajstić information content (AvgIpc) is 2.57. The van der Waals surface area contributed by atoms with Gasteiger partial charge in [0.1, 0.15) is 0 Å². The first-order valence-electron chi connectivity index (χ1n) is 3.34. The zero-order valence-corrected chi connectivity index (χ0v) is 6.81. The highest BCUT2D eigenvalue weighted by Gasteiger charge is 2.02. The van der Waals surface area contributed by atoms with E-state index in [4.69, 9.17) is 11.6 Å². The quantitative estimate of drug-likeness (QED) is 0.665. The second-order valence-electron chi connectivity index (χ2n) is 2.12. The highest BCUT2D eigenvalue weighted by molar-refractivity contribution is 6.30. The lowest BCUT2D eigenvalue weighted by molar-refractivity contribution is 0.838. The molecule has 0 aliphatic rings. The molecule has 0 N–H and O–H groups in total. The average molecular weight is 181 g/mol. The molecule has 0 radical (unpaired) electrons.